The second-order valence-electron chi connectivity index (χ2n) is 7.31. The molecule has 0 radical (unpaired) electrons. The first-order valence-corrected chi connectivity index (χ1v) is 9.32. The molecule has 25 heavy (non-hydrogen) atoms. The number of amides is 1. The Hall–Kier alpha value is -1.37. The van der Waals surface area contributed by atoms with Crippen LogP contribution in [0.2, 0.25) is 0 Å². The number of nitrogens with zero attached hydrogens (tertiary/aromatic N) is 3. The Balaban J connectivity index is 2.11. The van der Waals surface area contributed by atoms with Gasteiger partial charge in [-0.05, 0) is 39.7 Å². The maximum Gasteiger partial charge on any atom is 0.289 e. The summed E-state index contributed by atoms with van der Waals surface area (Å²) in [5.41, 5.74) is 0.265. The molecule has 1 aliphatic heterocycles. The summed E-state index contributed by atoms with van der Waals surface area (Å²) in [4.78, 5) is 18.8. The standard InChI is InChI=1S/C19H33N3O3/c1-6-16-15(12-21(7-2)8-3)11-17(25-16)18(23)22-10-9-19(24,14-22)13-20(4)5/h11,24H,6-10,12-14H2,1-5H3/t19-/m1/s1. The number of carbonyl (C=O) groups excluding carboxylic acids is 1. The van der Waals surface area contributed by atoms with E-state index in [-0.39, 0.29) is 5.91 Å². The van der Waals surface area contributed by atoms with E-state index in [1.54, 1.807) is 4.90 Å². The van der Waals surface area contributed by atoms with Crippen molar-refractivity contribution in [3.05, 3.63) is 23.2 Å². The summed E-state index contributed by atoms with van der Waals surface area (Å²) in [6.07, 6.45) is 1.37. The number of likely N-dealkylation sites (N-methyl/N-ethyl adjacent to an activating group) is 1. The molecule has 0 unspecified atom stereocenters. The van der Waals surface area contributed by atoms with Gasteiger partial charge >= 0.3 is 0 Å². The maximum absolute atomic E-state index is 12.8. The summed E-state index contributed by atoms with van der Waals surface area (Å²) in [6.45, 7) is 10.5. The smallest absolute Gasteiger partial charge is 0.289 e. The van der Waals surface area contributed by atoms with Crippen LogP contribution in [0.5, 0.6) is 0 Å². The van der Waals surface area contributed by atoms with Crippen molar-refractivity contribution in [2.24, 2.45) is 0 Å². The molecular weight excluding hydrogens is 318 g/mol. The molecule has 1 aromatic heterocycles. The van der Waals surface area contributed by atoms with Gasteiger partial charge in [0.2, 0.25) is 0 Å². The van der Waals surface area contributed by atoms with Gasteiger partial charge in [0.25, 0.3) is 5.91 Å². The molecule has 142 valence electrons. The average Bonchev–Trinajstić information content (AvgIpc) is 3.14. The second-order valence-corrected chi connectivity index (χ2v) is 7.31. The number of hydrogen-bond acceptors (Lipinski definition) is 5. The van der Waals surface area contributed by atoms with E-state index in [2.05, 4.69) is 18.7 Å². The zero-order valence-electron chi connectivity index (χ0n) is 16.3. The van der Waals surface area contributed by atoms with Crippen LogP contribution < -0.4 is 0 Å². The Bertz CT molecular complexity index is 580. The third-order valence-corrected chi connectivity index (χ3v) is 4.95. The number of aliphatic hydroxyl groups is 1. The highest BCUT2D eigenvalue weighted by atomic mass is 16.4. The van der Waals surface area contributed by atoms with Gasteiger partial charge in [0.05, 0.1) is 12.1 Å². The van der Waals surface area contributed by atoms with Crippen LogP contribution in [0, 0.1) is 0 Å². The normalized spacial score (nSPS) is 20.9. The Morgan fingerprint density at radius 2 is 2.00 bits per heavy atom. The van der Waals surface area contributed by atoms with E-state index in [9.17, 15) is 9.90 Å². The van der Waals surface area contributed by atoms with Crippen LogP contribution in [-0.2, 0) is 13.0 Å². The Kier molecular flexibility index (Phi) is 6.65. The van der Waals surface area contributed by atoms with Gasteiger partial charge in [-0.2, -0.15) is 0 Å². The monoisotopic (exact) mass is 351 g/mol. The van der Waals surface area contributed by atoms with Crippen molar-refractivity contribution >= 4 is 5.91 Å². The van der Waals surface area contributed by atoms with Crippen LogP contribution in [-0.4, -0.2) is 78.1 Å². The highest BCUT2D eigenvalue weighted by Gasteiger charge is 2.39. The highest BCUT2D eigenvalue weighted by molar-refractivity contribution is 5.92. The fourth-order valence-corrected chi connectivity index (χ4v) is 3.60. The molecule has 1 aromatic rings. The van der Waals surface area contributed by atoms with Gasteiger partial charge < -0.3 is 19.3 Å². The minimum Gasteiger partial charge on any atom is -0.456 e. The van der Waals surface area contributed by atoms with Crippen LogP contribution in [0.4, 0.5) is 0 Å². The minimum atomic E-state index is -0.830. The van der Waals surface area contributed by atoms with Gasteiger partial charge in [-0.15, -0.1) is 0 Å². The molecule has 6 heteroatoms. The molecule has 1 amide bonds. The number of β-amino-alcohol motifs (C(OH)–C–C–N with tert-alkyl or cyclic N) is 1. The number of carbonyl (C=O) groups is 1. The summed E-state index contributed by atoms with van der Waals surface area (Å²) < 4.78 is 5.87. The van der Waals surface area contributed by atoms with E-state index in [4.69, 9.17) is 4.42 Å². The van der Waals surface area contributed by atoms with E-state index in [1.807, 2.05) is 32.0 Å². The maximum atomic E-state index is 12.8. The predicted molar refractivity (Wildman–Crippen MR) is 98.7 cm³/mol. The number of hydrogen-bond donors (Lipinski definition) is 1. The Morgan fingerprint density at radius 3 is 2.56 bits per heavy atom. The molecule has 0 saturated carbocycles. The summed E-state index contributed by atoms with van der Waals surface area (Å²) in [7, 11) is 3.87. The lowest BCUT2D eigenvalue weighted by atomic mass is 10.0. The van der Waals surface area contributed by atoms with Crippen LogP contribution in [0.25, 0.3) is 0 Å². The summed E-state index contributed by atoms with van der Waals surface area (Å²) >= 11 is 0. The third-order valence-electron chi connectivity index (χ3n) is 4.95. The molecule has 0 spiro atoms. The first-order valence-electron chi connectivity index (χ1n) is 9.32. The van der Waals surface area contributed by atoms with Crippen molar-refractivity contribution in [1.82, 2.24) is 14.7 Å². The largest absolute Gasteiger partial charge is 0.456 e. The van der Waals surface area contributed by atoms with Crippen molar-refractivity contribution in [2.75, 3.05) is 46.8 Å². The number of likely N-dealkylation sites (tertiary alicyclic amines) is 1. The molecule has 1 saturated heterocycles. The molecular formula is C19H33N3O3. The zero-order valence-corrected chi connectivity index (χ0v) is 16.3. The fourth-order valence-electron chi connectivity index (χ4n) is 3.60. The lowest BCUT2D eigenvalue weighted by Gasteiger charge is -2.26. The quantitative estimate of drug-likeness (QED) is 0.774. The molecule has 2 rings (SSSR count). The molecule has 1 fully saturated rings. The number of furan rings is 1. The van der Waals surface area contributed by atoms with E-state index in [0.29, 0.717) is 31.8 Å². The summed E-state index contributed by atoms with van der Waals surface area (Å²) in [5, 5.41) is 10.6. The molecule has 0 bridgehead atoms. The summed E-state index contributed by atoms with van der Waals surface area (Å²) in [5.74, 6) is 1.17. The minimum absolute atomic E-state index is 0.116. The molecule has 1 atom stereocenters. The Labute approximate surface area is 151 Å². The fraction of sp³-hybridized carbons (Fsp3) is 0.737. The molecule has 0 aromatic carbocycles. The van der Waals surface area contributed by atoms with Crippen molar-refractivity contribution in [1.29, 1.82) is 0 Å². The molecule has 1 N–H and O–H groups in total. The van der Waals surface area contributed by atoms with Gasteiger partial charge in [-0.25, -0.2) is 0 Å². The van der Waals surface area contributed by atoms with Crippen LogP contribution in [0.1, 0.15) is 49.1 Å². The van der Waals surface area contributed by atoms with Crippen molar-refractivity contribution in [3.63, 3.8) is 0 Å². The van der Waals surface area contributed by atoms with Crippen LogP contribution >= 0.6 is 0 Å². The van der Waals surface area contributed by atoms with Crippen molar-refractivity contribution < 1.29 is 14.3 Å². The molecule has 0 aliphatic carbocycles. The van der Waals surface area contributed by atoms with Gasteiger partial charge in [0, 0.05) is 31.6 Å². The number of aryl methyl sites for hydroxylation is 1. The van der Waals surface area contributed by atoms with Gasteiger partial charge in [-0.3, -0.25) is 9.69 Å². The molecule has 6 nitrogen and oxygen atoms in total. The molecule has 2 heterocycles. The average molecular weight is 351 g/mol. The van der Waals surface area contributed by atoms with Crippen LogP contribution in [0.15, 0.2) is 10.5 Å². The number of rotatable bonds is 8. The lowest BCUT2D eigenvalue weighted by molar-refractivity contribution is 0.0231. The third kappa shape index (κ3) is 4.84. The van der Waals surface area contributed by atoms with Crippen molar-refractivity contribution in [2.45, 2.75) is 45.8 Å². The van der Waals surface area contributed by atoms with Gasteiger partial charge in [0.1, 0.15) is 5.76 Å². The summed E-state index contributed by atoms with van der Waals surface area (Å²) in [6, 6.07) is 1.89. The SMILES string of the molecule is CCc1oc(C(=O)N2CC[C@@](O)(CN(C)C)C2)cc1CN(CC)CC. The first kappa shape index (κ1) is 19.9. The topological polar surface area (TPSA) is 60.2 Å². The first-order chi connectivity index (χ1) is 11.8. The van der Waals surface area contributed by atoms with E-state index in [0.717, 1.165) is 37.4 Å². The van der Waals surface area contributed by atoms with E-state index >= 15 is 0 Å². The Morgan fingerprint density at radius 1 is 1.32 bits per heavy atom. The lowest BCUT2D eigenvalue weighted by Crippen LogP contribution is -2.43. The van der Waals surface area contributed by atoms with E-state index < -0.39 is 5.60 Å². The second kappa shape index (κ2) is 8.34. The van der Waals surface area contributed by atoms with Gasteiger partial charge in [-0.1, -0.05) is 20.8 Å². The van der Waals surface area contributed by atoms with Crippen LogP contribution in [0.3, 0.4) is 0 Å². The predicted octanol–water partition coefficient (Wildman–Crippen LogP) is 1.82. The van der Waals surface area contributed by atoms with Gasteiger partial charge in [0.15, 0.2) is 5.76 Å². The highest BCUT2D eigenvalue weighted by Crippen LogP contribution is 2.26. The zero-order chi connectivity index (χ0) is 18.6. The van der Waals surface area contributed by atoms with Crippen molar-refractivity contribution in [3.8, 4) is 0 Å². The van der Waals surface area contributed by atoms with E-state index in [1.165, 1.54) is 0 Å². The molecule has 1 aliphatic rings.